The number of hydrogen-bond acceptors (Lipinski definition) is 8. The Bertz CT molecular complexity index is 1150. The molecule has 0 unspecified atom stereocenters. The third kappa shape index (κ3) is 5.55. The fraction of sp³-hybridized carbons (Fsp3) is 0.417. The van der Waals surface area contributed by atoms with Gasteiger partial charge in [-0.2, -0.15) is 4.98 Å². The van der Waals surface area contributed by atoms with Gasteiger partial charge in [-0.3, -0.25) is 9.69 Å². The summed E-state index contributed by atoms with van der Waals surface area (Å²) in [5.41, 5.74) is 2.47. The zero-order chi connectivity index (χ0) is 24.0. The van der Waals surface area contributed by atoms with E-state index in [1.165, 1.54) is 26.9 Å². The molecule has 0 atom stereocenters. The lowest BCUT2D eigenvalue weighted by molar-refractivity contribution is 0.158. The van der Waals surface area contributed by atoms with Crippen LogP contribution in [0.2, 0.25) is 0 Å². The molecule has 0 fully saturated rings. The monoisotopic (exact) mass is 456 g/mol. The van der Waals surface area contributed by atoms with Gasteiger partial charge in [-0.25, -0.2) is 0 Å². The van der Waals surface area contributed by atoms with Crippen LogP contribution < -0.4 is 24.7 Å². The van der Waals surface area contributed by atoms with Gasteiger partial charge >= 0.3 is 0 Å². The summed E-state index contributed by atoms with van der Waals surface area (Å²) < 4.78 is 21.4. The fourth-order valence-corrected chi connectivity index (χ4v) is 3.76. The van der Waals surface area contributed by atoms with Gasteiger partial charge in [0.1, 0.15) is 5.39 Å². The molecular weight excluding hydrogens is 424 g/mol. The molecule has 9 nitrogen and oxygen atoms in total. The molecule has 0 aliphatic rings. The van der Waals surface area contributed by atoms with E-state index in [2.05, 4.69) is 40.1 Å². The molecule has 0 saturated carbocycles. The van der Waals surface area contributed by atoms with Crippen molar-refractivity contribution >= 4 is 16.9 Å². The maximum absolute atomic E-state index is 12.9. The summed E-state index contributed by atoms with van der Waals surface area (Å²) in [5, 5.41) is 0.313. The number of nitrogens with one attached hydrogen (secondary N) is 1. The lowest BCUT2D eigenvalue weighted by atomic mass is 10.1. The quantitative estimate of drug-likeness (QED) is 0.471. The molecule has 9 heteroatoms. The minimum absolute atomic E-state index is 0.292. The van der Waals surface area contributed by atoms with Crippen molar-refractivity contribution < 1.29 is 18.9 Å². The van der Waals surface area contributed by atoms with Crippen molar-refractivity contribution in [1.82, 2.24) is 14.9 Å². The molecule has 0 saturated heterocycles. The number of likely N-dealkylation sites (N-methyl/N-ethyl adjacent to an activating group) is 1. The second kappa shape index (κ2) is 11.0. The van der Waals surface area contributed by atoms with Crippen molar-refractivity contribution in [1.29, 1.82) is 0 Å². The van der Waals surface area contributed by atoms with Crippen LogP contribution in [0.15, 0.2) is 35.1 Å². The number of nitrogens with zero attached hydrogens (tertiary/aromatic N) is 3. The van der Waals surface area contributed by atoms with E-state index in [9.17, 15) is 4.79 Å². The number of aromatic amines is 1. The molecule has 1 heterocycles. The summed E-state index contributed by atoms with van der Waals surface area (Å²) in [6, 6.07) is 10.1. The van der Waals surface area contributed by atoms with Crippen LogP contribution >= 0.6 is 0 Å². The molecule has 33 heavy (non-hydrogen) atoms. The number of hydrogen-bond donors (Lipinski definition) is 1. The normalized spacial score (nSPS) is 11.1. The molecule has 2 aromatic carbocycles. The number of anilines is 1. The van der Waals surface area contributed by atoms with Crippen molar-refractivity contribution in [3.05, 3.63) is 51.8 Å². The van der Waals surface area contributed by atoms with Gasteiger partial charge in [0.15, 0.2) is 11.5 Å². The molecule has 0 radical (unpaired) electrons. The SMILES string of the molecule is COCCN(C)Cc1cccc(CN(C)c2nc(=O)c3c(OC)c(OC)c(OC)cc3[nH]2)c1. The Kier molecular flexibility index (Phi) is 8.13. The molecule has 0 bridgehead atoms. The lowest BCUT2D eigenvalue weighted by Crippen LogP contribution is -2.24. The Hall–Kier alpha value is -3.30. The third-order valence-electron chi connectivity index (χ3n) is 5.40. The van der Waals surface area contributed by atoms with Crippen LogP contribution in [0.1, 0.15) is 11.1 Å². The van der Waals surface area contributed by atoms with Crippen molar-refractivity contribution in [3.8, 4) is 17.2 Å². The summed E-state index contributed by atoms with van der Waals surface area (Å²) in [6.45, 7) is 2.96. The lowest BCUT2D eigenvalue weighted by Gasteiger charge is -2.20. The van der Waals surface area contributed by atoms with E-state index in [0.717, 1.165) is 18.7 Å². The topological polar surface area (TPSA) is 89.2 Å². The second-order valence-corrected chi connectivity index (χ2v) is 7.84. The number of rotatable bonds is 11. The largest absolute Gasteiger partial charge is 0.493 e. The zero-order valence-electron chi connectivity index (χ0n) is 20.1. The van der Waals surface area contributed by atoms with Crippen LogP contribution in [0.3, 0.4) is 0 Å². The number of fused-ring (bicyclic) bond motifs is 1. The first kappa shape index (κ1) is 24.3. The van der Waals surface area contributed by atoms with Crippen molar-refractivity contribution in [3.63, 3.8) is 0 Å². The zero-order valence-corrected chi connectivity index (χ0v) is 20.1. The van der Waals surface area contributed by atoms with Gasteiger partial charge in [-0.05, 0) is 18.2 Å². The van der Waals surface area contributed by atoms with Gasteiger partial charge in [-0.1, -0.05) is 24.3 Å². The van der Waals surface area contributed by atoms with Crippen molar-refractivity contribution in [2.45, 2.75) is 13.1 Å². The third-order valence-corrected chi connectivity index (χ3v) is 5.40. The van der Waals surface area contributed by atoms with Gasteiger partial charge in [0.05, 0.1) is 33.5 Å². The van der Waals surface area contributed by atoms with Crippen LogP contribution in [0.4, 0.5) is 5.95 Å². The molecule has 3 aromatic rings. The van der Waals surface area contributed by atoms with Gasteiger partial charge in [0.25, 0.3) is 5.56 Å². The first-order chi connectivity index (χ1) is 15.9. The van der Waals surface area contributed by atoms with Crippen LogP contribution in [0, 0.1) is 0 Å². The highest BCUT2D eigenvalue weighted by Crippen LogP contribution is 2.41. The molecule has 1 N–H and O–H groups in total. The van der Waals surface area contributed by atoms with Crippen LogP contribution in [0.5, 0.6) is 17.2 Å². The number of benzene rings is 2. The molecule has 0 aliphatic carbocycles. The average Bonchev–Trinajstić information content (AvgIpc) is 2.81. The predicted molar refractivity (Wildman–Crippen MR) is 129 cm³/mol. The Morgan fingerprint density at radius 3 is 2.27 bits per heavy atom. The summed E-state index contributed by atoms with van der Waals surface area (Å²) in [7, 11) is 10.2. The Balaban J connectivity index is 1.88. The molecular formula is C24H32N4O5. The van der Waals surface area contributed by atoms with Crippen molar-refractivity contribution in [2.75, 3.05) is 60.6 Å². The van der Waals surface area contributed by atoms with E-state index in [1.807, 2.05) is 18.0 Å². The maximum Gasteiger partial charge on any atom is 0.286 e. The van der Waals surface area contributed by atoms with Crippen molar-refractivity contribution in [2.24, 2.45) is 0 Å². The maximum atomic E-state index is 12.9. The minimum Gasteiger partial charge on any atom is -0.493 e. The number of methoxy groups -OCH3 is 4. The standard InChI is InChI=1S/C24H32N4O5/c1-27(10-11-30-3)14-16-8-7-9-17(12-16)15-28(2)24-25-18-13-19(31-4)21(32-5)22(33-6)20(18)23(29)26-24/h7-9,12-13H,10-11,14-15H2,1-6H3,(H,25,26,29). The van der Waals surface area contributed by atoms with E-state index in [1.54, 1.807) is 13.2 Å². The number of aromatic nitrogens is 2. The van der Waals surface area contributed by atoms with Crippen LogP contribution in [-0.4, -0.2) is 70.6 Å². The number of ether oxygens (including phenoxy) is 4. The second-order valence-electron chi connectivity index (χ2n) is 7.84. The summed E-state index contributed by atoms with van der Waals surface area (Å²) >= 11 is 0. The average molecular weight is 457 g/mol. The molecule has 3 rings (SSSR count). The van der Waals surface area contributed by atoms with Crippen LogP contribution in [0.25, 0.3) is 10.9 Å². The Labute approximate surface area is 193 Å². The predicted octanol–water partition coefficient (Wildman–Crippen LogP) is 2.66. The van der Waals surface area contributed by atoms with E-state index >= 15 is 0 Å². The smallest absolute Gasteiger partial charge is 0.286 e. The summed E-state index contributed by atoms with van der Waals surface area (Å²) in [5.74, 6) is 1.56. The Morgan fingerprint density at radius 1 is 0.939 bits per heavy atom. The highest BCUT2D eigenvalue weighted by molar-refractivity contribution is 5.90. The molecule has 178 valence electrons. The van der Waals surface area contributed by atoms with E-state index < -0.39 is 5.56 Å². The number of H-pyrrole nitrogens is 1. The van der Waals surface area contributed by atoms with E-state index in [0.29, 0.717) is 47.3 Å². The van der Waals surface area contributed by atoms with Gasteiger partial charge in [-0.15, -0.1) is 0 Å². The van der Waals surface area contributed by atoms with Gasteiger partial charge in [0, 0.05) is 39.9 Å². The molecule has 0 spiro atoms. The summed E-state index contributed by atoms with van der Waals surface area (Å²) in [4.78, 5) is 24.5. The minimum atomic E-state index is -0.406. The first-order valence-corrected chi connectivity index (χ1v) is 10.6. The van der Waals surface area contributed by atoms with Gasteiger partial charge in [0.2, 0.25) is 11.7 Å². The van der Waals surface area contributed by atoms with E-state index in [-0.39, 0.29) is 0 Å². The highest BCUT2D eigenvalue weighted by Gasteiger charge is 2.20. The molecule has 0 amide bonds. The van der Waals surface area contributed by atoms with Gasteiger partial charge < -0.3 is 28.8 Å². The van der Waals surface area contributed by atoms with E-state index in [4.69, 9.17) is 18.9 Å². The first-order valence-electron chi connectivity index (χ1n) is 10.6. The summed E-state index contributed by atoms with van der Waals surface area (Å²) in [6.07, 6.45) is 0. The highest BCUT2D eigenvalue weighted by atomic mass is 16.5. The Morgan fingerprint density at radius 2 is 1.64 bits per heavy atom. The van der Waals surface area contributed by atoms with Crippen LogP contribution in [-0.2, 0) is 17.8 Å². The fourth-order valence-electron chi connectivity index (χ4n) is 3.76. The molecule has 1 aromatic heterocycles. The molecule has 0 aliphatic heterocycles.